The Labute approximate surface area is 139 Å². The summed E-state index contributed by atoms with van der Waals surface area (Å²) in [7, 11) is 0. The van der Waals surface area contributed by atoms with Crippen LogP contribution in [0.25, 0.3) is 6.08 Å². The quantitative estimate of drug-likeness (QED) is 0.849. The van der Waals surface area contributed by atoms with E-state index in [2.05, 4.69) is 0 Å². The second-order valence-corrected chi connectivity index (χ2v) is 6.19. The lowest BCUT2D eigenvalue weighted by Gasteiger charge is -2.30. The number of benzene rings is 1. The number of hydrogen-bond donors (Lipinski definition) is 1. The Hall–Kier alpha value is -1.52. The monoisotopic (exact) mass is 341 g/mol. The summed E-state index contributed by atoms with van der Waals surface area (Å²) in [5.74, 6) is -0.676. The largest absolute Gasteiger partial charge is 0.481 e. The van der Waals surface area contributed by atoms with Gasteiger partial charge in [0.2, 0.25) is 5.91 Å². The molecule has 0 spiro atoms. The molecule has 0 aromatic heterocycles. The molecule has 1 saturated heterocycles. The van der Waals surface area contributed by atoms with Gasteiger partial charge in [-0.1, -0.05) is 29.3 Å². The van der Waals surface area contributed by atoms with Crippen molar-refractivity contribution in [3.05, 3.63) is 39.9 Å². The Kier molecular flexibility index (Phi) is 5.86. The van der Waals surface area contributed by atoms with Gasteiger partial charge in [0.05, 0.1) is 10.0 Å². The van der Waals surface area contributed by atoms with Crippen LogP contribution < -0.4 is 0 Å². The standard InChI is InChI=1S/C16H17Cl2NO3/c17-13-3-1-11(9-14(13)18)2-4-15(20)19-7-5-12(6-8-19)10-16(21)22/h1-4,9,12H,5-8,10H2,(H,21,22)/b4-2+. The fraction of sp³-hybridized carbons (Fsp3) is 0.375. The van der Waals surface area contributed by atoms with E-state index in [1.165, 1.54) is 6.08 Å². The van der Waals surface area contributed by atoms with Gasteiger partial charge in [-0.15, -0.1) is 0 Å². The Bertz CT molecular complexity index is 593. The molecule has 4 nitrogen and oxygen atoms in total. The number of carboxylic acid groups (broad SMARTS) is 1. The first kappa shape index (κ1) is 16.8. The molecule has 0 atom stereocenters. The molecule has 22 heavy (non-hydrogen) atoms. The van der Waals surface area contributed by atoms with E-state index in [0.717, 1.165) is 18.4 Å². The highest BCUT2D eigenvalue weighted by molar-refractivity contribution is 6.42. The van der Waals surface area contributed by atoms with E-state index in [1.54, 1.807) is 29.2 Å². The predicted octanol–water partition coefficient (Wildman–Crippen LogP) is 3.72. The van der Waals surface area contributed by atoms with E-state index >= 15 is 0 Å². The highest BCUT2D eigenvalue weighted by Gasteiger charge is 2.23. The number of piperidine rings is 1. The first-order chi connectivity index (χ1) is 10.5. The Balaban J connectivity index is 1.89. The van der Waals surface area contributed by atoms with Crippen molar-refractivity contribution in [2.75, 3.05) is 13.1 Å². The van der Waals surface area contributed by atoms with Crippen molar-refractivity contribution >= 4 is 41.2 Å². The fourth-order valence-corrected chi connectivity index (χ4v) is 2.80. The van der Waals surface area contributed by atoms with Crippen LogP contribution in [-0.4, -0.2) is 35.0 Å². The highest BCUT2D eigenvalue weighted by atomic mass is 35.5. The maximum absolute atomic E-state index is 12.1. The number of rotatable bonds is 4. The molecule has 6 heteroatoms. The lowest BCUT2D eigenvalue weighted by atomic mass is 9.93. The van der Waals surface area contributed by atoms with Gasteiger partial charge in [-0.3, -0.25) is 9.59 Å². The maximum Gasteiger partial charge on any atom is 0.303 e. The summed E-state index contributed by atoms with van der Waals surface area (Å²) in [6, 6.07) is 5.18. The first-order valence-electron chi connectivity index (χ1n) is 7.09. The number of halogens is 2. The van der Waals surface area contributed by atoms with E-state index in [1.807, 2.05) is 0 Å². The van der Waals surface area contributed by atoms with Crippen LogP contribution in [0.1, 0.15) is 24.8 Å². The number of hydrogen-bond acceptors (Lipinski definition) is 2. The topological polar surface area (TPSA) is 57.6 Å². The van der Waals surface area contributed by atoms with Crippen molar-refractivity contribution in [3.8, 4) is 0 Å². The van der Waals surface area contributed by atoms with Crippen molar-refractivity contribution < 1.29 is 14.7 Å². The molecular formula is C16H17Cl2NO3. The van der Waals surface area contributed by atoms with E-state index < -0.39 is 5.97 Å². The van der Waals surface area contributed by atoms with Crippen LogP contribution >= 0.6 is 23.2 Å². The number of carboxylic acids is 1. The van der Waals surface area contributed by atoms with Crippen LogP contribution in [0.2, 0.25) is 10.0 Å². The number of nitrogens with zero attached hydrogens (tertiary/aromatic N) is 1. The molecule has 0 aliphatic carbocycles. The van der Waals surface area contributed by atoms with Gasteiger partial charge in [0.1, 0.15) is 0 Å². The minimum Gasteiger partial charge on any atom is -0.481 e. The SMILES string of the molecule is O=C(O)CC1CCN(C(=O)/C=C/c2ccc(Cl)c(Cl)c2)CC1. The van der Waals surface area contributed by atoms with Crippen molar-refractivity contribution in [1.82, 2.24) is 4.90 Å². The third-order valence-electron chi connectivity index (χ3n) is 3.75. The van der Waals surface area contributed by atoms with Crippen LogP contribution in [0.4, 0.5) is 0 Å². The van der Waals surface area contributed by atoms with Crippen LogP contribution in [0.3, 0.4) is 0 Å². The van der Waals surface area contributed by atoms with Crippen LogP contribution in [-0.2, 0) is 9.59 Å². The van der Waals surface area contributed by atoms with E-state index in [0.29, 0.717) is 23.1 Å². The number of carbonyl (C=O) groups excluding carboxylic acids is 1. The van der Waals surface area contributed by atoms with Crippen LogP contribution in [0.5, 0.6) is 0 Å². The van der Waals surface area contributed by atoms with E-state index in [4.69, 9.17) is 28.3 Å². The zero-order valence-electron chi connectivity index (χ0n) is 12.0. The summed E-state index contributed by atoms with van der Waals surface area (Å²) >= 11 is 11.8. The zero-order chi connectivity index (χ0) is 16.1. The van der Waals surface area contributed by atoms with Crippen molar-refractivity contribution in [2.24, 2.45) is 5.92 Å². The molecule has 1 fully saturated rings. The molecule has 2 rings (SSSR count). The van der Waals surface area contributed by atoms with Crippen molar-refractivity contribution in [3.63, 3.8) is 0 Å². The molecule has 118 valence electrons. The molecular weight excluding hydrogens is 325 g/mol. The van der Waals surface area contributed by atoms with Gasteiger partial charge in [-0.2, -0.15) is 0 Å². The average Bonchev–Trinajstić information content (AvgIpc) is 2.48. The lowest BCUT2D eigenvalue weighted by molar-refractivity contribution is -0.138. The van der Waals surface area contributed by atoms with Crippen LogP contribution in [0.15, 0.2) is 24.3 Å². The normalized spacial score (nSPS) is 16.2. The van der Waals surface area contributed by atoms with E-state index in [-0.39, 0.29) is 18.2 Å². The van der Waals surface area contributed by atoms with Gasteiger partial charge >= 0.3 is 5.97 Å². The van der Waals surface area contributed by atoms with Gasteiger partial charge in [0.15, 0.2) is 0 Å². The average molecular weight is 342 g/mol. The second-order valence-electron chi connectivity index (χ2n) is 5.37. The maximum atomic E-state index is 12.1. The summed E-state index contributed by atoms with van der Waals surface area (Å²) < 4.78 is 0. The lowest BCUT2D eigenvalue weighted by Crippen LogP contribution is -2.37. The molecule has 1 aromatic rings. The zero-order valence-corrected chi connectivity index (χ0v) is 13.5. The number of aliphatic carboxylic acids is 1. The number of amides is 1. The molecule has 1 aliphatic rings. The van der Waals surface area contributed by atoms with Gasteiger partial charge in [-0.25, -0.2) is 0 Å². The fourth-order valence-electron chi connectivity index (χ4n) is 2.49. The molecule has 1 aromatic carbocycles. The third-order valence-corrected chi connectivity index (χ3v) is 4.49. The Morgan fingerprint density at radius 1 is 1.23 bits per heavy atom. The number of likely N-dealkylation sites (tertiary alicyclic amines) is 1. The van der Waals surface area contributed by atoms with Gasteiger partial charge < -0.3 is 10.0 Å². The van der Waals surface area contributed by atoms with Gasteiger partial charge in [-0.05, 0) is 42.5 Å². The van der Waals surface area contributed by atoms with Crippen molar-refractivity contribution in [1.29, 1.82) is 0 Å². The van der Waals surface area contributed by atoms with Crippen molar-refractivity contribution in [2.45, 2.75) is 19.3 Å². The molecule has 1 N–H and O–H groups in total. The minimum atomic E-state index is -0.774. The summed E-state index contributed by atoms with van der Waals surface area (Å²) in [5.41, 5.74) is 0.809. The van der Waals surface area contributed by atoms with Crippen LogP contribution in [0, 0.1) is 5.92 Å². The smallest absolute Gasteiger partial charge is 0.303 e. The summed E-state index contributed by atoms with van der Waals surface area (Å²) in [6.45, 7) is 1.20. The Morgan fingerprint density at radius 3 is 2.50 bits per heavy atom. The summed E-state index contributed by atoms with van der Waals surface area (Å²) in [5, 5.41) is 9.71. The summed E-state index contributed by atoms with van der Waals surface area (Å²) in [4.78, 5) is 24.5. The second kappa shape index (κ2) is 7.65. The predicted molar refractivity (Wildman–Crippen MR) is 87.1 cm³/mol. The summed E-state index contributed by atoms with van der Waals surface area (Å²) in [6.07, 6.45) is 4.86. The molecule has 0 radical (unpaired) electrons. The first-order valence-corrected chi connectivity index (χ1v) is 7.85. The molecule has 1 amide bonds. The molecule has 0 saturated carbocycles. The molecule has 1 heterocycles. The molecule has 1 aliphatic heterocycles. The van der Waals surface area contributed by atoms with Gasteiger partial charge in [0, 0.05) is 25.6 Å². The highest BCUT2D eigenvalue weighted by Crippen LogP contribution is 2.23. The Morgan fingerprint density at radius 2 is 1.91 bits per heavy atom. The number of carbonyl (C=O) groups is 2. The molecule has 0 unspecified atom stereocenters. The third kappa shape index (κ3) is 4.75. The van der Waals surface area contributed by atoms with E-state index in [9.17, 15) is 9.59 Å². The molecule has 0 bridgehead atoms. The minimum absolute atomic E-state index is 0.0696. The van der Waals surface area contributed by atoms with Gasteiger partial charge in [0.25, 0.3) is 0 Å².